The lowest BCUT2D eigenvalue weighted by Crippen LogP contribution is -2.24. The predicted octanol–water partition coefficient (Wildman–Crippen LogP) is 2.96. The molecule has 0 saturated carbocycles. The van der Waals surface area contributed by atoms with Crippen molar-refractivity contribution in [3.05, 3.63) is 30.3 Å². The van der Waals surface area contributed by atoms with E-state index in [4.69, 9.17) is 56.8 Å². The molecule has 13 nitrogen and oxygen atoms in total. The lowest BCUT2D eigenvalue weighted by molar-refractivity contribution is -0.156. The topological polar surface area (TPSA) is 128 Å². The van der Waals surface area contributed by atoms with Gasteiger partial charge in [0.05, 0.1) is 139 Å². The van der Waals surface area contributed by atoms with Gasteiger partial charge in [0.15, 0.2) is 0 Å². The number of carbonyl (C=O) groups excluding carboxylic acids is 1. The Labute approximate surface area is 275 Å². The fourth-order valence-electron chi connectivity index (χ4n) is 3.36. The third kappa shape index (κ3) is 32.0. The molecule has 1 rings (SSSR count). The molecule has 0 aromatic heterocycles. The highest BCUT2D eigenvalue weighted by atomic mass is 16.6. The van der Waals surface area contributed by atoms with Gasteiger partial charge in [0, 0.05) is 0 Å². The van der Waals surface area contributed by atoms with Gasteiger partial charge in [-0.05, 0) is 32.9 Å². The predicted molar refractivity (Wildman–Crippen MR) is 171 cm³/mol. The summed E-state index contributed by atoms with van der Waals surface area (Å²) < 4.78 is 65.3. The summed E-state index contributed by atoms with van der Waals surface area (Å²) in [5, 5.41) is 0. The van der Waals surface area contributed by atoms with Crippen molar-refractivity contribution in [3.8, 4) is 5.75 Å². The Morgan fingerprint density at radius 1 is 0.435 bits per heavy atom. The summed E-state index contributed by atoms with van der Waals surface area (Å²) in [6.07, 6.45) is 0.232. The average Bonchev–Trinajstić information content (AvgIpc) is 3.03. The Balaban J connectivity index is 1.64. The van der Waals surface area contributed by atoms with E-state index in [9.17, 15) is 4.79 Å². The molecule has 0 fully saturated rings. The summed E-state index contributed by atoms with van der Waals surface area (Å²) in [6.45, 7) is 15.7. The first kappa shape index (κ1) is 42.1. The highest BCUT2D eigenvalue weighted by Crippen LogP contribution is 2.08. The van der Waals surface area contributed by atoms with E-state index in [0.717, 1.165) is 5.75 Å². The van der Waals surface area contributed by atoms with E-state index >= 15 is 0 Å². The van der Waals surface area contributed by atoms with Crippen LogP contribution in [0.5, 0.6) is 5.75 Å². The van der Waals surface area contributed by atoms with Gasteiger partial charge in [-0.2, -0.15) is 0 Å². The number of esters is 1. The third-order valence-corrected chi connectivity index (χ3v) is 5.46. The zero-order chi connectivity index (χ0) is 33.2. The third-order valence-electron chi connectivity index (χ3n) is 5.46. The lowest BCUT2D eigenvalue weighted by Gasteiger charge is -2.19. The van der Waals surface area contributed by atoms with Crippen molar-refractivity contribution in [1.29, 1.82) is 0 Å². The van der Waals surface area contributed by atoms with Gasteiger partial charge in [0.2, 0.25) is 0 Å². The first-order valence-corrected chi connectivity index (χ1v) is 16.1. The zero-order valence-corrected chi connectivity index (χ0v) is 28.3. The van der Waals surface area contributed by atoms with Crippen LogP contribution in [0, 0.1) is 0 Å². The van der Waals surface area contributed by atoms with Gasteiger partial charge in [0.1, 0.15) is 18.0 Å². The molecule has 0 aliphatic rings. The standard InChI is InChI=1S/C33H58O13/c1-33(2,3)46-32(34)9-10-35-11-12-36-13-14-37-15-16-38-17-18-39-19-20-40-21-22-41-23-24-42-25-26-43-27-28-44-29-30-45-31-7-5-4-6-8-31/h4-8H,9-30H2,1-3H3. The van der Waals surface area contributed by atoms with Crippen molar-refractivity contribution >= 4 is 5.97 Å². The zero-order valence-electron chi connectivity index (χ0n) is 28.3. The van der Waals surface area contributed by atoms with Crippen LogP contribution in [0.15, 0.2) is 30.3 Å². The van der Waals surface area contributed by atoms with Gasteiger partial charge in [-0.1, -0.05) is 18.2 Å². The minimum absolute atomic E-state index is 0.232. The largest absolute Gasteiger partial charge is 0.491 e. The number of hydrogen-bond acceptors (Lipinski definition) is 13. The second-order valence-corrected chi connectivity index (χ2v) is 10.6. The summed E-state index contributed by atoms with van der Waals surface area (Å²) in [5.41, 5.74) is -0.473. The maximum absolute atomic E-state index is 11.6. The van der Waals surface area contributed by atoms with Crippen LogP contribution in [0.4, 0.5) is 0 Å². The lowest BCUT2D eigenvalue weighted by atomic mass is 10.2. The van der Waals surface area contributed by atoms with Crippen molar-refractivity contribution in [2.24, 2.45) is 0 Å². The van der Waals surface area contributed by atoms with Gasteiger partial charge in [0.25, 0.3) is 0 Å². The maximum Gasteiger partial charge on any atom is 0.308 e. The number of carbonyl (C=O) groups is 1. The van der Waals surface area contributed by atoms with E-state index in [2.05, 4.69) is 0 Å². The molecule has 0 unspecified atom stereocenters. The molecule has 0 N–H and O–H groups in total. The molecule has 0 saturated heterocycles. The van der Waals surface area contributed by atoms with E-state index in [0.29, 0.717) is 139 Å². The maximum atomic E-state index is 11.6. The van der Waals surface area contributed by atoms with Gasteiger partial charge in [-0.15, -0.1) is 0 Å². The minimum atomic E-state index is -0.473. The molecule has 1 aromatic rings. The summed E-state index contributed by atoms with van der Waals surface area (Å²) in [6, 6.07) is 9.66. The Bertz CT molecular complexity index is 777. The molecule has 0 aliphatic carbocycles. The molecule has 0 radical (unpaired) electrons. The summed E-state index contributed by atoms with van der Waals surface area (Å²) in [7, 11) is 0. The number of para-hydroxylation sites is 1. The van der Waals surface area contributed by atoms with Gasteiger partial charge >= 0.3 is 5.97 Å². The van der Waals surface area contributed by atoms with Crippen LogP contribution in [0.2, 0.25) is 0 Å². The van der Waals surface area contributed by atoms with E-state index in [1.54, 1.807) is 0 Å². The quantitative estimate of drug-likeness (QED) is 0.0793. The van der Waals surface area contributed by atoms with Gasteiger partial charge in [-0.25, -0.2) is 0 Å². The Hall–Kier alpha value is -1.91. The Kier molecular flexibility index (Phi) is 29.0. The number of rotatable bonds is 34. The van der Waals surface area contributed by atoms with Crippen LogP contribution in [0.3, 0.4) is 0 Å². The van der Waals surface area contributed by atoms with Crippen molar-refractivity contribution in [2.75, 3.05) is 139 Å². The van der Waals surface area contributed by atoms with Crippen molar-refractivity contribution < 1.29 is 61.6 Å². The number of hydrogen-bond donors (Lipinski definition) is 0. The molecule has 0 spiro atoms. The van der Waals surface area contributed by atoms with E-state index in [1.165, 1.54) is 0 Å². The van der Waals surface area contributed by atoms with E-state index < -0.39 is 5.60 Å². The number of ether oxygens (including phenoxy) is 12. The van der Waals surface area contributed by atoms with Crippen LogP contribution < -0.4 is 4.74 Å². The van der Waals surface area contributed by atoms with Crippen LogP contribution in [0.1, 0.15) is 27.2 Å². The molecule has 0 bridgehead atoms. The molecule has 0 heterocycles. The van der Waals surface area contributed by atoms with Crippen LogP contribution in [-0.4, -0.2) is 150 Å². The normalized spacial score (nSPS) is 11.6. The van der Waals surface area contributed by atoms with Crippen LogP contribution >= 0.6 is 0 Å². The minimum Gasteiger partial charge on any atom is -0.491 e. The molecule has 0 atom stereocenters. The smallest absolute Gasteiger partial charge is 0.308 e. The SMILES string of the molecule is CC(C)(C)OC(=O)CCOCCOCCOCCOCCOCCOCCOCCOCCOCCOCCOc1ccccc1. The molecule has 13 heteroatoms. The molecule has 268 valence electrons. The highest BCUT2D eigenvalue weighted by molar-refractivity contribution is 5.69. The molecular formula is C33H58O13. The molecular weight excluding hydrogens is 604 g/mol. The monoisotopic (exact) mass is 662 g/mol. The summed E-state index contributed by atoms with van der Waals surface area (Å²) in [5.74, 6) is 0.576. The highest BCUT2D eigenvalue weighted by Gasteiger charge is 2.15. The van der Waals surface area contributed by atoms with Crippen LogP contribution in [-0.2, 0) is 56.9 Å². The number of benzene rings is 1. The molecule has 0 aliphatic heterocycles. The molecule has 46 heavy (non-hydrogen) atoms. The Morgan fingerprint density at radius 3 is 1.02 bits per heavy atom. The van der Waals surface area contributed by atoms with Crippen LogP contribution in [0.25, 0.3) is 0 Å². The first-order valence-electron chi connectivity index (χ1n) is 16.1. The van der Waals surface area contributed by atoms with Crippen molar-refractivity contribution in [1.82, 2.24) is 0 Å². The second kappa shape index (κ2) is 31.7. The van der Waals surface area contributed by atoms with Gasteiger partial charge < -0.3 is 56.8 Å². The fourth-order valence-corrected chi connectivity index (χ4v) is 3.36. The fraction of sp³-hybridized carbons (Fsp3) is 0.788. The second-order valence-electron chi connectivity index (χ2n) is 10.6. The molecule has 0 amide bonds. The first-order chi connectivity index (χ1) is 22.5. The van der Waals surface area contributed by atoms with E-state index in [1.807, 2.05) is 51.1 Å². The summed E-state index contributed by atoms with van der Waals surface area (Å²) >= 11 is 0. The summed E-state index contributed by atoms with van der Waals surface area (Å²) in [4.78, 5) is 11.6. The van der Waals surface area contributed by atoms with Crippen molar-refractivity contribution in [3.63, 3.8) is 0 Å². The molecule has 1 aromatic carbocycles. The van der Waals surface area contributed by atoms with Gasteiger partial charge in [-0.3, -0.25) is 4.79 Å². The average molecular weight is 663 g/mol. The Morgan fingerprint density at radius 2 is 0.717 bits per heavy atom. The van der Waals surface area contributed by atoms with E-state index in [-0.39, 0.29) is 12.4 Å². The van der Waals surface area contributed by atoms with Crippen molar-refractivity contribution in [2.45, 2.75) is 32.8 Å².